The molecular formula is C26H37BrN4O5. The summed E-state index contributed by atoms with van der Waals surface area (Å²) in [5, 5.41) is 14.8. The predicted molar refractivity (Wildman–Crippen MR) is 141 cm³/mol. The van der Waals surface area contributed by atoms with E-state index in [1.54, 1.807) is 11.9 Å². The van der Waals surface area contributed by atoms with Crippen molar-refractivity contribution in [3.8, 4) is 0 Å². The number of anilines is 2. The molecule has 1 aromatic carbocycles. The van der Waals surface area contributed by atoms with Gasteiger partial charge in [0.2, 0.25) is 17.7 Å². The van der Waals surface area contributed by atoms with Crippen LogP contribution >= 0.6 is 15.9 Å². The Hall–Kier alpha value is -2.17. The van der Waals surface area contributed by atoms with Gasteiger partial charge in [-0.05, 0) is 63.8 Å². The van der Waals surface area contributed by atoms with Crippen LogP contribution in [0.1, 0.15) is 39.5 Å². The molecule has 0 saturated carbocycles. The highest BCUT2D eigenvalue weighted by molar-refractivity contribution is 9.09. The minimum Gasteiger partial charge on any atom is -0.396 e. The van der Waals surface area contributed by atoms with Gasteiger partial charge in [0, 0.05) is 49.5 Å². The smallest absolute Gasteiger partial charge is 0.250 e. The second kappa shape index (κ2) is 11.1. The van der Waals surface area contributed by atoms with E-state index in [0.717, 1.165) is 25.2 Å². The van der Waals surface area contributed by atoms with Crippen LogP contribution in [0.25, 0.3) is 0 Å². The van der Waals surface area contributed by atoms with Crippen molar-refractivity contribution in [1.29, 1.82) is 0 Å². The molecule has 10 heteroatoms. The van der Waals surface area contributed by atoms with Crippen LogP contribution in [0.4, 0.5) is 11.4 Å². The highest BCUT2D eigenvalue weighted by atomic mass is 79.9. The summed E-state index contributed by atoms with van der Waals surface area (Å²) in [4.78, 5) is 44.1. The van der Waals surface area contributed by atoms with E-state index < -0.39 is 29.6 Å². The molecule has 3 N–H and O–H groups in total. The Morgan fingerprint density at radius 3 is 2.47 bits per heavy atom. The van der Waals surface area contributed by atoms with Crippen molar-refractivity contribution in [2.75, 3.05) is 43.5 Å². The number of unbranched alkanes of at least 4 members (excludes halogenated alkanes) is 2. The predicted octanol–water partition coefficient (Wildman–Crippen LogP) is 2.13. The number of fused-ring (bicyclic) bond motifs is 1. The number of halogens is 1. The molecule has 3 fully saturated rings. The van der Waals surface area contributed by atoms with E-state index in [2.05, 4.69) is 45.3 Å². The molecule has 9 nitrogen and oxygen atoms in total. The number of carbonyl (C=O) groups is 3. The zero-order chi connectivity index (χ0) is 26.0. The van der Waals surface area contributed by atoms with Crippen LogP contribution in [-0.4, -0.2) is 83.6 Å². The van der Waals surface area contributed by atoms with Gasteiger partial charge in [-0.2, -0.15) is 0 Å². The molecule has 3 saturated heterocycles. The first kappa shape index (κ1) is 26.9. The number of nitrogens with one attached hydrogen (secondary N) is 2. The van der Waals surface area contributed by atoms with Gasteiger partial charge in [-0.3, -0.25) is 14.4 Å². The van der Waals surface area contributed by atoms with Crippen LogP contribution in [0.3, 0.4) is 0 Å². The quantitative estimate of drug-likeness (QED) is 0.280. The summed E-state index contributed by atoms with van der Waals surface area (Å²) in [7, 11) is 1.56. The van der Waals surface area contributed by atoms with Gasteiger partial charge in [-0.1, -0.05) is 15.9 Å². The molecule has 4 rings (SSSR count). The third kappa shape index (κ3) is 4.52. The minimum atomic E-state index is -1.06. The summed E-state index contributed by atoms with van der Waals surface area (Å²) in [5.41, 5.74) is 0.663. The topological polar surface area (TPSA) is 111 Å². The Morgan fingerprint density at radius 2 is 1.86 bits per heavy atom. The van der Waals surface area contributed by atoms with Crippen LogP contribution < -0.4 is 15.5 Å². The fourth-order valence-corrected chi connectivity index (χ4v) is 7.21. The van der Waals surface area contributed by atoms with Gasteiger partial charge in [-0.25, -0.2) is 0 Å². The molecule has 3 unspecified atom stereocenters. The number of aliphatic hydroxyl groups excluding tert-OH is 1. The lowest BCUT2D eigenvalue weighted by molar-refractivity contribution is -0.140. The van der Waals surface area contributed by atoms with Gasteiger partial charge in [0.15, 0.2) is 0 Å². The van der Waals surface area contributed by atoms with Gasteiger partial charge < -0.3 is 30.3 Å². The van der Waals surface area contributed by atoms with E-state index in [1.807, 2.05) is 24.3 Å². The molecule has 0 aliphatic carbocycles. The van der Waals surface area contributed by atoms with Crippen LogP contribution in [-0.2, 0) is 19.1 Å². The second-order valence-electron chi connectivity index (χ2n) is 9.80. The zero-order valence-corrected chi connectivity index (χ0v) is 22.8. The fourth-order valence-electron chi connectivity index (χ4n) is 6.26. The maximum Gasteiger partial charge on any atom is 0.250 e. The monoisotopic (exact) mass is 564 g/mol. The van der Waals surface area contributed by atoms with E-state index >= 15 is 0 Å². The zero-order valence-electron chi connectivity index (χ0n) is 21.2. The number of ether oxygens (including phenoxy) is 1. The number of alkyl halides is 1. The van der Waals surface area contributed by atoms with Gasteiger partial charge in [0.05, 0.1) is 17.9 Å². The lowest BCUT2D eigenvalue weighted by Crippen LogP contribution is -2.54. The molecule has 1 spiro atoms. The lowest BCUT2D eigenvalue weighted by Gasteiger charge is -2.34. The SMILES string of the molecule is CCN(CC)c1ccc(NC(=O)C2N(CCCCCO)C(=O)[C@@H]3[C@@H](C(=O)NC)[C@@H]4OC23CC4Br)cc1. The first-order chi connectivity index (χ1) is 17.3. The summed E-state index contributed by atoms with van der Waals surface area (Å²) in [5.74, 6) is -2.09. The number of hydrogen-bond acceptors (Lipinski definition) is 6. The molecule has 1 aromatic rings. The number of carbonyl (C=O) groups excluding carboxylic acids is 3. The Labute approximate surface area is 221 Å². The summed E-state index contributed by atoms with van der Waals surface area (Å²) >= 11 is 3.66. The maximum absolute atomic E-state index is 13.8. The van der Waals surface area contributed by atoms with Crippen molar-refractivity contribution in [2.45, 2.75) is 62.1 Å². The minimum absolute atomic E-state index is 0.0860. The number of likely N-dealkylation sites (tertiary alicyclic amines) is 1. The molecule has 3 aliphatic rings. The van der Waals surface area contributed by atoms with Gasteiger partial charge in [0.1, 0.15) is 11.6 Å². The molecule has 36 heavy (non-hydrogen) atoms. The third-order valence-corrected chi connectivity index (χ3v) is 8.75. The summed E-state index contributed by atoms with van der Waals surface area (Å²) in [6.07, 6.45) is 2.05. The molecule has 0 aromatic heterocycles. The van der Waals surface area contributed by atoms with Gasteiger partial charge in [-0.15, -0.1) is 0 Å². The van der Waals surface area contributed by atoms with Crippen LogP contribution in [0.5, 0.6) is 0 Å². The Morgan fingerprint density at radius 1 is 1.17 bits per heavy atom. The summed E-state index contributed by atoms with van der Waals surface area (Å²) in [6, 6.07) is 6.85. The van der Waals surface area contributed by atoms with Crippen molar-refractivity contribution in [2.24, 2.45) is 11.8 Å². The molecule has 198 valence electrons. The van der Waals surface area contributed by atoms with E-state index in [1.165, 1.54) is 0 Å². The fraction of sp³-hybridized carbons (Fsp3) is 0.654. The first-order valence-corrected chi connectivity index (χ1v) is 13.8. The van der Waals surface area contributed by atoms with Crippen molar-refractivity contribution in [3.63, 3.8) is 0 Å². The molecule has 6 atom stereocenters. The highest BCUT2D eigenvalue weighted by Crippen LogP contribution is 2.60. The lowest BCUT2D eigenvalue weighted by atomic mass is 9.70. The average Bonchev–Trinajstić information content (AvgIpc) is 3.46. The largest absolute Gasteiger partial charge is 0.396 e. The number of amides is 3. The van der Waals surface area contributed by atoms with Crippen molar-refractivity contribution >= 4 is 45.0 Å². The average molecular weight is 566 g/mol. The summed E-state index contributed by atoms with van der Waals surface area (Å²) < 4.78 is 6.43. The molecule has 2 bridgehead atoms. The number of aliphatic hydroxyl groups is 1. The van der Waals surface area contributed by atoms with Crippen molar-refractivity contribution < 1.29 is 24.2 Å². The molecule has 0 radical (unpaired) electrons. The Balaban J connectivity index is 1.62. The molecule has 3 heterocycles. The number of nitrogens with zero attached hydrogens (tertiary/aromatic N) is 2. The Kier molecular flexibility index (Phi) is 8.26. The summed E-state index contributed by atoms with van der Waals surface area (Å²) in [6.45, 7) is 6.43. The second-order valence-corrected chi connectivity index (χ2v) is 11.0. The van der Waals surface area contributed by atoms with Crippen molar-refractivity contribution in [3.05, 3.63) is 24.3 Å². The van der Waals surface area contributed by atoms with Crippen molar-refractivity contribution in [1.82, 2.24) is 10.2 Å². The maximum atomic E-state index is 13.8. The van der Waals surface area contributed by atoms with Crippen LogP contribution in [0, 0.1) is 11.8 Å². The van der Waals surface area contributed by atoms with E-state index in [-0.39, 0.29) is 29.2 Å². The third-order valence-electron chi connectivity index (χ3n) is 7.91. The molecule has 3 amide bonds. The Bertz CT molecular complexity index is 972. The van der Waals surface area contributed by atoms with Crippen LogP contribution in [0.15, 0.2) is 24.3 Å². The molecular weight excluding hydrogens is 528 g/mol. The van der Waals surface area contributed by atoms with Gasteiger partial charge in [0.25, 0.3) is 0 Å². The number of hydrogen-bond donors (Lipinski definition) is 3. The number of benzene rings is 1. The normalized spacial score (nSPS) is 30.4. The van der Waals surface area contributed by atoms with Crippen LogP contribution in [0.2, 0.25) is 0 Å². The first-order valence-electron chi connectivity index (χ1n) is 12.9. The van der Waals surface area contributed by atoms with Gasteiger partial charge >= 0.3 is 0 Å². The van der Waals surface area contributed by atoms with E-state index in [0.29, 0.717) is 31.5 Å². The number of rotatable bonds is 11. The molecule has 3 aliphatic heterocycles. The highest BCUT2D eigenvalue weighted by Gasteiger charge is 2.76. The van der Waals surface area contributed by atoms with E-state index in [9.17, 15) is 14.4 Å². The standard InChI is InChI=1S/C26H37BrN4O5/c1-4-30(5-2)17-11-9-16(10-12-17)29-24(34)22-26-15-18(27)21(36-26)19(23(33)28-3)20(26)25(35)31(22)13-7-6-8-14-32/h9-12,18-22,32H,4-8,13-15H2,1-3H3,(H,28,33)(H,29,34)/t18?,19-,20+,21-,22?,26?/m1/s1. The van der Waals surface area contributed by atoms with E-state index in [4.69, 9.17) is 9.84 Å².